The third-order valence-electron chi connectivity index (χ3n) is 7.63. The van der Waals surface area contributed by atoms with E-state index < -0.39 is 42.4 Å². The molecule has 1 fully saturated rings. The average Bonchev–Trinajstić information content (AvgIpc) is 2.92. The van der Waals surface area contributed by atoms with Gasteiger partial charge in [0, 0.05) is 38.5 Å². The highest BCUT2D eigenvalue weighted by Crippen LogP contribution is 2.46. The van der Waals surface area contributed by atoms with E-state index in [1.54, 1.807) is 0 Å². The van der Waals surface area contributed by atoms with Gasteiger partial charge in [-0.1, -0.05) is 6.07 Å². The number of rotatable bonds is 15. The van der Waals surface area contributed by atoms with Crippen LogP contribution in [-0.4, -0.2) is 91.2 Å². The Bertz CT molecular complexity index is 970. The zero-order valence-corrected chi connectivity index (χ0v) is 23.5. The standard InChI is InChI=1S/C28H43F3N4O5/c1-20(2)40-19-16-35(14-4-3-7-22-9-8-21-6-5-13-32-24(21)33-22)15-10-23(25(36)37)34-26(38)27(28(29,30)31)11-17-39-18-12-27/h8-9,20,23H,3-7,10-19H2,1-2H3,(H,32,33)(H,34,38)(H,36,37). The lowest BCUT2D eigenvalue weighted by Crippen LogP contribution is -2.57. The van der Waals surface area contributed by atoms with Crippen LogP contribution < -0.4 is 10.6 Å². The van der Waals surface area contributed by atoms with E-state index in [1.807, 2.05) is 18.7 Å². The summed E-state index contributed by atoms with van der Waals surface area (Å²) in [6.45, 7) is 6.32. The molecule has 0 aromatic carbocycles. The Hall–Kier alpha value is -2.44. The van der Waals surface area contributed by atoms with Crippen LogP contribution in [0.25, 0.3) is 0 Å². The summed E-state index contributed by atoms with van der Waals surface area (Å²) in [6, 6.07) is 2.75. The molecule has 1 unspecified atom stereocenters. The van der Waals surface area contributed by atoms with E-state index >= 15 is 0 Å². The maximum atomic E-state index is 13.9. The SMILES string of the molecule is CC(C)OCCN(CCCCc1ccc2c(n1)NCCC2)CCC(NC(=O)C1(C(F)(F)F)CCOCC1)C(=O)O. The number of aryl methyl sites for hydroxylation is 2. The molecule has 9 nitrogen and oxygen atoms in total. The molecule has 1 aromatic heterocycles. The number of nitrogens with zero attached hydrogens (tertiary/aromatic N) is 2. The van der Waals surface area contributed by atoms with Crippen LogP contribution in [0.3, 0.4) is 0 Å². The van der Waals surface area contributed by atoms with E-state index in [0.29, 0.717) is 26.2 Å². The Balaban J connectivity index is 1.55. The van der Waals surface area contributed by atoms with Crippen LogP contribution in [0.1, 0.15) is 63.6 Å². The molecule has 2 aliphatic heterocycles. The van der Waals surface area contributed by atoms with E-state index in [-0.39, 0.29) is 25.7 Å². The third kappa shape index (κ3) is 9.04. The molecule has 2 aliphatic rings. The number of pyridine rings is 1. The smallest absolute Gasteiger partial charge is 0.403 e. The lowest BCUT2D eigenvalue weighted by Gasteiger charge is -2.38. The monoisotopic (exact) mass is 572 g/mol. The summed E-state index contributed by atoms with van der Waals surface area (Å²) >= 11 is 0. The van der Waals surface area contributed by atoms with Gasteiger partial charge in [0.15, 0.2) is 0 Å². The molecule has 3 heterocycles. The quantitative estimate of drug-likeness (QED) is 0.272. The van der Waals surface area contributed by atoms with Crippen molar-refractivity contribution in [3.8, 4) is 0 Å². The van der Waals surface area contributed by atoms with E-state index in [1.165, 1.54) is 5.56 Å². The van der Waals surface area contributed by atoms with Crippen LogP contribution in [0, 0.1) is 5.41 Å². The Labute approximate surface area is 234 Å². The molecular formula is C28H43F3N4O5. The second-order valence-electron chi connectivity index (χ2n) is 10.9. The molecule has 1 atom stereocenters. The topological polar surface area (TPSA) is 113 Å². The molecule has 0 spiro atoms. The second kappa shape index (κ2) is 15.0. The molecule has 3 N–H and O–H groups in total. The van der Waals surface area contributed by atoms with E-state index in [2.05, 4.69) is 22.8 Å². The highest BCUT2D eigenvalue weighted by Gasteiger charge is 2.60. The number of ether oxygens (including phenoxy) is 2. The molecule has 226 valence electrons. The fraction of sp³-hybridized carbons (Fsp3) is 0.750. The lowest BCUT2D eigenvalue weighted by atomic mass is 9.78. The number of amides is 1. The largest absolute Gasteiger partial charge is 0.480 e. The molecule has 1 amide bonds. The highest BCUT2D eigenvalue weighted by molar-refractivity contribution is 5.88. The van der Waals surface area contributed by atoms with E-state index in [4.69, 9.17) is 14.5 Å². The number of hydrogen-bond donors (Lipinski definition) is 3. The van der Waals surface area contributed by atoms with Crippen molar-refractivity contribution in [2.45, 2.75) is 83.5 Å². The van der Waals surface area contributed by atoms with Crippen molar-refractivity contribution >= 4 is 17.7 Å². The van der Waals surface area contributed by atoms with Gasteiger partial charge in [-0.3, -0.25) is 4.79 Å². The Morgan fingerprint density at radius 1 is 1.20 bits per heavy atom. The lowest BCUT2D eigenvalue weighted by molar-refractivity contribution is -0.240. The van der Waals surface area contributed by atoms with Gasteiger partial charge in [-0.2, -0.15) is 13.2 Å². The number of alkyl halides is 3. The molecule has 0 radical (unpaired) electrons. The summed E-state index contributed by atoms with van der Waals surface area (Å²) < 4.78 is 52.4. The number of aromatic nitrogens is 1. The Morgan fingerprint density at radius 3 is 2.62 bits per heavy atom. The molecule has 12 heteroatoms. The van der Waals surface area contributed by atoms with Crippen molar-refractivity contribution in [2.75, 3.05) is 51.3 Å². The minimum Gasteiger partial charge on any atom is -0.480 e. The summed E-state index contributed by atoms with van der Waals surface area (Å²) in [5.41, 5.74) is -0.378. The number of carboxylic acid groups (broad SMARTS) is 1. The third-order valence-corrected chi connectivity index (χ3v) is 7.63. The maximum absolute atomic E-state index is 13.9. The van der Waals surface area contributed by atoms with Crippen LogP contribution in [0.15, 0.2) is 12.1 Å². The number of carbonyl (C=O) groups is 2. The minimum absolute atomic E-state index is 0.0226. The summed E-state index contributed by atoms with van der Waals surface area (Å²) in [5.74, 6) is -1.69. The van der Waals surface area contributed by atoms with Crippen LogP contribution in [0.2, 0.25) is 0 Å². The van der Waals surface area contributed by atoms with Crippen LogP contribution in [-0.2, 0) is 31.9 Å². The van der Waals surface area contributed by atoms with Gasteiger partial charge in [0.05, 0.1) is 12.7 Å². The number of carbonyl (C=O) groups excluding carboxylic acids is 1. The molecule has 0 bridgehead atoms. The molecule has 40 heavy (non-hydrogen) atoms. The van der Waals surface area contributed by atoms with Gasteiger partial charge in [0.2, 0.25) is 5.91 Å². The summed E-state index contributed by atoms with van der Waals surface area (Å²) in [4.78, 5) is 31.5. The first-order valence-corrected chi connectivity index (χ1v) is 14.3. The Morgan fingerprint density at radius 2 is 1.95 bits per heavy atom. The number of hydrogen-bond acceptors (Lipinski definition) is 7. The van der Waals surface area contributed by atoms with Gasteiger partial charge in [-0.15, -0.1) is 0 Å². The Kier molecular flexibility index (Phi) is 12.0. The summed E-state index contributed by atoms with van der Waals surface area (Å²) in [6.07, 6.45) is -1.18. The number of aliphatic carboxylic acids is 1. The molecular weight excluding hydrogens is 529 g/mol. The van der Waals surface area contributed by atoms with Crippen molar-refractivity contribution < 1.29 is 37.3 Å². The van der Waals surface area contributed by atoms with Crippen LogP contribution in [0.4, 0.5) is 19.0 Å². The molecule has 3 rings (SSSR count). The fourth-order valence-corrected chi connectivity index (χ4v) is 5.13. The molecule has 0 aliphatic carbocycles. The predicted molar refractivity (Wildman–Crippen MR) is 144 cm³/mol. The molecule has 1 saturated heterocycles. The van der Waals surface area contributed by atoms with Crippen molar-refractivity contribution in [1.29, 1.82) is 0 Å². The van der Waals surface area contributed by atoms with Gasteiger partial charge in [0.25, 0.3) is 0 Å². The van der Waals surface area contributed by atoms with Crippen molar-refractivity contribution in [3.05, 3.63) is 23.4 Å². The normalized spacial score (nSPS) is 17.8. The van der Waals surface area contributed by atoms with Gasteiger partial charge >= 0.3 is 12.1 Å². The average molecular weight is 573 g/mol. The first kappa shape index (κ1) is 32.1. The van der Waals surface area contributed by atoms with Crippen molar-refractivity contribution in [3.63, 3.8) is 0 Å². The fourth-order valence-electron chi connectivity index (χ4n) is 5.13. The van der Waals surface area contributed by atoms with E-state index in [9.17, 15) is 27.9 Å². The van der Waals surface area contributed by atoms with Crippen LogP contribution in [0.5, 0.6) is 0 Å². The zero-order valence-electron chi connectivity index (χ0n) is 23.5. The number of fused-ring (bicyclic) bond motifs is 1. The first-order valence-electron chi connectivity index (χ1n) is 14.3. The number of carboxylic acids is 1. The van der Waals surface area contributed by atoms with Crippen molar-refractivity contribution in [1.82, 2.24) is 15.2 Å². The maximum Gasteiger partial charge on any atom is 0.403 e. The molecule has 0 saturated carbocycles. The van der Waals surface area contributed by atoms with Gasteiger partial charge in [-0.25, -0.2) is 9.78 Å². The summed E-state index contributed by atoms with van der Waals surface area (Å²) in [5, 5.41) is 15.3. The first-order chi connectivity index (χ1) is 19.0. The summed E-state index contributed by atoms with van der Waals surface area (Å²) in [7, 11) is 0. The zero-order chi connectivity index (χ0) is 29.2. The predicted octanol–water partition coefficient (Wildman–Crippen LogP) is 3.81. The van der Waals surface area contributed by atoms with Crippen LogP contribution >= 0.6 is 0 Å². The number of anilines is 1. The highest BCUT2D eigenvalue weighted by atomic mass is 19.4. The minimum atomic E-state index is -4.80. The second-order valence-corrected chi connectivity index (χ2v) is 10.9. The van der Waals surface area contributed by atoms with Gasteiger partial charge < -0.3 is 30.1 Å². The number of halogens is 3. The van der Waals surface area contributed by atoms with E-state index in [0.717, 1.165) is 50.2 Å². The van der Waals surface area contributed by atoms with Crippen molar-refractivity contribution in [2.24, 2.45) is 5.41 Å². The van der Waals surface area contributed by atoms with Gasteiger partial charge in [0.1, 0.15) is 17.3 Å². The number of unbranched alkanes of at least 4 members (excludes halogenated alkanes) is 1. The molecule has 1 aromatic rings. The van der Waals surface area contributed by atoms with Gasteiger partial charge in [-0.05, 0) is 83.4 Å². The number of nitrogens with one attached hydrogen (secondary N) is 2.